The summed E-state index contributed by atoms with van der Waals surface area (Å²) in [6.45, 7) is 2.56. The SMILES string of the molecule is COC(=O)c1ccc2c(c1)[C@H](C)CN(c1nc(-c3nc4ccccc4o3)c(O)c(=O)n1C)[C@@H]2c1ccccc1. The van der Waals surface area contributed by atoms with Gasteiger partial charge in [-0.2, -0.15) is 0 Å². The molecule has 1 aliphatic heterocycles. The highest BCUT2D eigenvalue weighted by molar-refractivity contribution is 5.89. The third-order valence-electron chi connectivity index (χ3n) is 7.23. The van der Waals surface area contributed by atoms with Crippen molar-refractivity contribution >= 4 is 23.0 Å². The third kappa shape index (κ3) is 4.03. The molecule has 2 atom stereocenters. The molecule has 0 unspecified atom stereocenters. The van der Waals surface area contributed by atoms with Gasteiger partial charge in [0.2, 0.25) is 11.7 Å². The van der Waals surface area contributed by atoms with Crippen molar-refractivity contribution in [2.45, 2.75) is 18.9 Å². The summed E-state index contributed by atoms with van der Waals surface area (Å²) in [7, 11) is 2.95. The normalized spacial score (nSPS) is 16.7. The largest absolute Gasteiger partial charge is 0.501 e. The summed E-state index contributed by atoms with van der Waals surface area (Å²) in [4.78, 5) is 36.8. The highest BCUT2D eigenvalue weighted by atomic mass is 16.5. The van der Waals surface area contributed by atoms with Crippen molar-refractivity contribution < 1.29 is 19.1 Å². The molecule has 0 fully saturated rings. The maximum Gasteiger partial charge on any atom is 0.337 e. The fraction of sp³-hybridized carbons (Fsp3) is 0.200. The van der Waals surface area contributed by atoms with Crippen molar-refractivity contribution in [3.05, 3.63) is 105 Å². The number of hydrogen-bond acceptors (Lipinski definition) is 8. The zero-order valence-corrected chi connectivity index (χ0v) is 21.7. The van der Waals surface area contributed by atoms with Gasteiger partial charge in [0, 0.05) is 13.6 Å². The second-order valence-electron chi connectivity index (χ2n) is 9.66. The van der Waals surface area contributed by atoms with Crippen LogP contribution in [-0.2, 0) is 11.8 Å². The van der Waals surface area contributed by atoms with E-state index >= 15 is 0 Å². The first-order valence-corrected chi connectivity index (χ1v) is 12.6. The Balaban J connectivity index is 1.55. The molecule has 9 nitrogen and oxygen atoms in total. The molecule has 39 heavy (non-hydrogen) atoms. The number of fused-ring (bicyclic) bond motifs is 2. The van der Waals surface area contributed by atoms with E-state index in [1.807, 2.05) is 59.5 Å². The monoisotopic (exact) mass is 522 g/mol. The molecule has 6 rings (SSSR count). The van der Waals surface area contributed by atoms with Crippen LogP contribution in [0.4, 0.5) is 5.95 Å². The lowest BCUT2D eigenvalue weighted by Gasteiger charge is -2.42. The number of benzene rings is 3. The summed E-state index contributed by atoms with van der Waals surface area (Å²) in [5.41, 5.74) is 3.97. The van der Waals surface area contributed by atoms with Crippen LogP contribution in [0.3, 0.4) is 0 Å². The number of nitrogens with zero attached hydrogens (tertiary/aromatic N) is 4. The molecule has 0 saturated carbocycles. The molecule has 5 aromatic rings. The molecule has 196 valence electrons. The fourth-order valence-corrected chi connectivity index (χ4v) is 5.31. The third-order valence-corrected chi connectivity index (χ3v) is 7.23. The van der Waals surface area contributed by atoms with Crippen LogP contribution in [0.1, 0.15) is 45.9 Å². The van der Waals surface area contributed by atoms with Crippen LogP contribution >= 0.6 is 0 Å². The first-order chi connectivity index (χ1) is 18.9. The van der Waals surface area contributed by atoms with Crippen molar-refractivity contribution in [3.8, 4) is 17.3 Å². The zero-order chi connectivity index (χ0) is 27.3. The molecule has 3 heterocycles. The summed E-state index contributed by atoms with van der Waals surface area (Å²) >= 11 is 0. The van der Waals surface area contributed by atoms with Crippen LogP contribution in [0.15, 0.2) is 82.0 Å². The number of aromatic hydroxyl groups is 1. The number of rotatable bonds is 4. The molecule has 0 bridgehead atoms. The average Bonchev–Trinajstić information content (AvgIpc) is 3.40. The summed E-state index contributed by atoms with van der Waals surface area (Å²) < 4.78 is 12.2. The van der Waals surface area contributed by atoms with E-state index in [-0.39, 0.29) is 23.5 Å². The predicted octanol–water partition coefficient (Wildman–Crippen LogP) is 4.79. The molecular formula is C30H26N4O5. The van der Waals surface area contributed by atoms with E-state index in [4.69, 9.17) is 14.1 Å². The minimum Gasteiger partial charge on any atom is -0.501 e. The lowest BCUT2D eigenvalue weighted by molar-refractivity contribution is 0.0600. The Kier molecular flexibility index (Phi) is 5.91. The smallest absolute Gasteiger partial charge is 0.337 e. The fourth-order valence-electron chi connectivity index (χ4n) is 5.31. The van der Waals surface area contributed by atoms with Gasteiger partial charge in [-0.05, 0) is 46.9 Å². The Hall–Kier alpha value is -4.92. The van der Waals surface area contributed by atoms with Crippen LogP contribution in [-0.4, -0.2) is 39.3 Å². The number of methoxy groups -OCH3 is 1. The Bertz CT molecular complexity index is 1740. The van der Waals surface area contributed by atoms with Gasteiger partial charge < -0.3 is 19.2 Å². The lowest BCUT2D eigenvalue weighted by Crippen LogP contribution is -2.41. The van der Waals surface area contributed by atoms with Crippen LogP contribution in [0.5, 0.6) is 5.75 Å². The number of carbonyl (C=O) groups excluding carboxylic acids is 1. The maximum absolute atomic E-state index is 13.3. The second-order valence-corrected chi connectivity index (χ2v) is 9.66. The molecule has 0 radical (unpaired) electrons. The number of ether oxygens (including phenoxy) is 1. The number of para-hydroxylation sites is 2. The van der Waals surface area contributed by atoms with E-state index in [1.165, 1.54) is 11.7 Å². The van der Waals surface area contributed by atoms with Crippen LogP contribution in [0.25, 0.3) is 22.7 Å². The number of hydrogen-bond donors (Lipinski definition) is 1. The molecule has 2 aromatic heterocycles. The topological polar surface area (TPSA) is 111 Å². The van der Waals surface area contributed by atoms with E-state index in [0.717, 1.165) is 16.7 Å². The highest BCUT2D eigenvalue weighted by Crippen LogP contribution is 2.42. The second kappa shape index (κ2) is 9.43. The van der Waals surface area contributed by atoms with Gasteiger partial charge in [-0.25, -0.2) is 14.8 Å². The summed E-state index contributed by atoms with van der Waals surface area (Å²) in [5, 5.41) is 10.8. The molecule has 0 amide bonds. The van der Waals surface area contributed by atoms with E-state index in [2.05, 4.69) is 11.9 Å². The molecule has 0 aliphatic carbocycles. The summed E-state index contributed by atoms with van der Waals surface area (Å²) in [6, 6.07) is 22.4. The maximum atomic E-state index is 13.3. The van der Waals surface area contributed by atoms with E-state index in [0.29, 0.717) is 29.2 Å². The van der Waals surface area contributed by atoms with E-state index in [1.54, 1.807) is 25.2 Å². The van der Waals surface area contributed by atoms with Gasteiger partial charge in [0.05, 0.1) is 18.7 Å². The van der Waals surface area contributed by atoms with Gasteiger partial charge >= 0.3 is 5.97 Å². The molecule has 1 aliphatic rings. The van der Waals surface area contributed by atoms with Gasteiger partial charge in [0.1, 0.15) is 5.52 Å². The molecule has 3 aromatic carbocycles. The zero-order valence-electron chi connectivity index (χ0n) is 21.7. The van der Waals surface area contributed by atoms with E-state index in [9.17, 15) is 14.7 Å². The van der Waals surface area contributed by atoms with Crippen molar-refractivity contribution in [1.82, 2.24) is 14.5 Å². The van der Waals surface area contributed by atoms with Crippen molar-refractivity contribution in [2.24, 2.45) is 7.05 Å². The number of esters is 1. The lowest BCUT2D eigenvalue weighted by atomic mass is 9.82. The Morgan fingerprint density at radius 2 is 1.77 bits per heavy atom. The molecule has 9 heteroatoms. The van der Waals surface area contributed by atoms with Crippen molar-refractivity contribution in [2.75, 3.05) is 18.6 Å². The Morgan fingerprint density at radius 1 is 1.03 bits per heavy atom. The average molecular weight is 523 g/mol. The quantitative estimate of drug-likeness (QED) is 0.335. The Morgan fingerprint density at radius 3 is 2.51 bits per heavy atom. The predicted molar refractivity (Wildman–Crippen MR) is 146 cm³/mol. The first-order valence-electron chi connectivity index (χ1n) is 12.6. The van der Waals surface area contributed by atoms with Gasteiger partial charge in [0.25, 0.3) is 11.4 Å². The molecule has 0 spiro atoms. The minimum atomic E-state index is -0.608. The van der Waals surface area contributed by atoms with Crippen molar-refractivity contribution in [3.63, 3.8) is 0 Å². The number of carbonyl (C=O) groups is 1. The molecule has 0 saturated heterocycles. The van der Waals surface area contributed by atoms with Crippen LogP contribution in [0.2, 0.25) is 0 Å². The standard InChI is InChI=1S/C30H26N4O5/c1-17-16-34(25(18-9-5-4-6-10-18)20-14-13-19(15-21(17)20)29(37)38-3)30-32-24(26(35)28(36)33(30)2)27-31-22-11-7-8-12-23(22)39-27/h4-15,17,25,35H,16H2,1-3H3/t17-,25-/m1/s1. The minimum absolute atomic E-state index is 0.0111. The highest BCUT2D eigenvalue weighted by Gasteiger charge is 2.36. The van der Waals surface area contributed by atoms with Gasteiger partial charge in [-0.15, -0.1) is 0 Å². The number of oxazole rings is 1. The molecule has 1 N–H and O–H groups in total. The van der Waals surface area contributed by atoms with Gasteiger partial charge in [-0.3, -0.25) is 9.36 Å². The molecular weight excluding hydrogens is 496 g/mol. The van der Waals surface area contributed by atoms with Crippen LogP contribution < -0.4 is 10.5 Å². The summed E-state index contributed by atoms with van der Waals surface area (Å²) in [5.74, 6) is -0.509. The van der Waals surface area contributed by atoms with Crippen molar-refractivity contribution in [1.29, 1.82) is 0 Å². The number of aromatic nitrogens is 3. The van der Waals surface area contributed by atoms with Gasteiger partial charge in [0.15, 0.2) is 11.3 Å². The van der Waals surface area contributed by atoms with Gasteiger partial charge in [-0.1, -0.05) is 55.5 Å². The number of anilines is 1. The van der Waals surface area contributed by atoms with Crippen LogP contribution in [0, 0.1) is 0 Å². The first kappa shape index (κ1) is 24.4. The summed E-state index contributed by atoms with van der Waals surface area (Å²) in [6.07, 6.45) is 0. The van der Waals surface area contributed by atoms with E-state index < -0.39 is 17.3 Å². The Labute approximate surface area is 223 Å².